The molecule has 0 aliphatic carbocycles. The maximum absolute atomic E-state index is 12.9. The number of rotatable bonds is 4. The van der Waals surface area contributed by atoms with E-state index in [1.54, 1.807) is 12.1 Å². The van der Waals surface area contributed by atoms with E-state index < -0.39 is 0 Å². The fourth-order valence-corrected chi connectivity index (χ4v) is 2.55. The minimum atomic E-state index is -0.227. The number of nitrogens with zero attached hydrogens (tertiary/aromatic N) is 2. The summed E-state index contributed by atoms with van der Waals surface area (Å²) in [5.41, 5.74) is 1.82. The van der Waals surface area contributed by atoms with Crippen molar-refractivity contribution in [3.63, 3.8) is 0 Å². The Labute approximate surface area is 127 Å². The van der Waals surface area contributed by atoms with Crippen LogP contribution in [0.2, 0.25) is 0 Å². The molecule has 0 saturated heterocycles. The van der Waals surface area contributed by atoms with Crippen molar-refractivity contribution in [1.29, 1.82) is 0 Å². The van der Waals surface area contributed by atoms with Gasteiger partial charge in [0.25, 0.3) is 0 Å². The van der Waals surface area contributed by atoms with Crippen molar-refractivity contribution in [2.24, 2.45) is 0 Å². The summed E-state index contributed by atoms with van der Waals surface area (Å²) in [6, 6.07) is 14.0. The first-order chi connectivity index (χ1) is 10.6. The Kier molecular flexibility index (Phi) is 3.98. The summed E-state index contributed by atoms with van der Waals surface area (Å²) < 4.78 is 14.8. The molecule has 112 valence electrons. The van der Waals surface area contributed by atoms with Gasteiger partial charge in [0.2, 0.25) is 5.43 Å². The summed E-state index contributed by atoms with van der Waals surface area (Å²) in [5, 5.41) is 4.90. The number of quaternary nitrogens is 1. The number of aromatic nitrogens is 2. The first kappa shape index (κ1) is 14.4. The van der Waals surface area contributed by atoms with Gasteiger partial charge in [0.1, 0.15) is 12.4 Å². The molecule has 3 rings (SSSR count). The fraction of sp³-hybridized carbons (Fsp3) is 0.176. The van der Waals surface area contributed by atoms with E-state index in [0.717, 1.165) is 17.6 Å². The molecule has 1 unspecified atom stereocenters. The molecule has 0 aliphatic heterocycles. The molecule has 1 N–H and O–H groups in total. The van der Waals surface area contributed by atoms with Crippen LogP contribution in [0.4, 0.5) is 4.39 Å². The smallest absolute Gasteiger partial charge is 0.207 e. The lowest BCUT2D eigenvalue weighted by molar-refractivity contribution is -0.917. The maximum atomic E-state index is 12.9. The van der Waals surface area contributed by atoms with E-state index in [1.807, 2.05) is 36.0 Å². The first-order valence-electron chi connectivity index (χ1n) is 7.14. The molecule has 1 atom stereocenters. The summed E-state index contributed by atoms with van der Waals surface area (Å²) in [7, 11) is 2.04. The molecule has 0 amide bonds. The fourth-order valence-electron chi connectivity index (χ4n) is 2.55. The van der Waals surface area contributed by atoms with Gasteiger partial charge in [0, 0.05) is 10.9 Å². The highest BCUT2D eigenvalue weighted by atomic mass is 19.1. The summed E-state index contributed by atoms with van der Waals surface area (Å²) >= 11 is 0. The van der Waals surface area contributed by atoms with Crippen LogP contribution in [0.1, 0.15) is 5.56 Å². The lowest BCUT2D eigenvalue weighted by Crippen LogP contribution is -3.07. The monoisotopic (exact) mass is 298 g/mol. The number of benzene rings is 2. The molecular weight excluding hydrogens is 281 g/mol. The first-order valence-corrected chi connectivity index (χ1v) is 7.14. The zero-order chi connectivity index (χ0) is 15.5. The van der Waals surface area contributed by atoms with E-state index in [2.05, 4.69) is 5.10 Å². The van der Waals surface area contributed by atoms with Crippen molar-refractivity contribution >= 4 is 10.9 Å². The highest BCUT2D eigenvalue weighted by Gasteiger charge is 2.09. The molecule has 0 aliphatic rings. The van der Waals surface area contributed by atoms with Crippen LogP contribution in [-0.2, 0) is 13.2 Å². The number of nitrogens with one attached hydrogen (secondary N) is 1. The Bertz CT molecular complexity index is 842. The van der Waals surface area contributed by atoms with Crippen LogP contribution < -0.4 is 10.3 Å². The summed E-state index contributed by atoms with van der Waals surface area (Å²) in [6.45, 7) is 1.38. The summed E-state index contributed by atoms with van der Waals surface area (Å²) in [5.74, 6) is -0.227. The van der Waals surface area contributed by atoms with Gasteiger partial charge in [0.15, 0.2) is 6.67 Å². The summed E-state index contributed by atoms with van der Waals surface area (Å²) in [4.78, 5) is 13.0. The molecule has 1 heterocycles. The van der Waals surface area contributed by atoms with Crippen LogP contribution in [-0.4, -0.2) is 16.8 Å². The average Bonchev–Trinajstić information content (AvgIpc) is 2.53. The van der Waals surface area contributed by atoms with Crippen molar-refractivity contribution in [2.75, 3.05) is 7.05 Å². The molecule has 5 heteroatoms. The Morgan fingerprint density at radius 2 is 1.86 bits per heavy atom. The van der Waals surface area contributed by atoms with Gasteiger partial charge in [-0.2, -0.15) is 5.10 Å². The van der Waals surface area contributed by atoms with E-state index in [1.165, 1.54) is 23.2 Å². The van der Waals surface area contributed by atoms with Crippen LogP contribution in [0, 0.1) is 5.82 Å². The van der Waals surface area contributed by atoms with E-state index in [4.69, 9.17) is 0 Å². The van der Waals surface area contributed by atoms with Crippen LogP contribution in [0.25, 0.3) is 10.9 Å². The number of fused-ring (bicyclic) bond motifs is 1. The third-order valence-corrected chi connectivity index (χ3v) is 3.60. The van der Waals surface area contributed by atoms with Gasteiger partial charge in [0.05, 0.1) is 18.8 Å². The molecule has 0 fully saturated rings. The van der Waals surface area contributed by atoms with E-state index in [-0.39, 0.29) is 11.2 Å². The molecule has 1 aromatic heterocycles. The second-order valence-corrected chi connectivity index (χ2v) is 5.44. The molecule has 4 nitrogen and oxygen atoms in total. The average molecular weight is 298 g/mol. The van der Waals surface area contributed by atoms with Crippen molar-refractivity contribution in [2.45, 2.75) is 13.2 Å². The molecule has 22 heavy (non-hydrogen) atoms. The van der Waals surface area contributed by atoms with Gasteiger partial charge in [-0.05, 0) is 24.3 Å². The number of hydrogen-bond donors (Lipinski definition) is 1. The Hall–Kier alpha value is -2.53. The third-order valence-electron chi connectivity index (χ3n) is 3.60. The quantitative estimate of drug-likeness (QED) is 0.786. The Balaban J connectivity index is 1.82. The van der Waals surface area contributed by atoms with Gasteiger partial charge in [-0.15, -0.1) is 0 Å². The van der Waals surface area contributed by atoms with Crippen LogP contribution in [0.5, 0.6) is 0 Å². The van der Waals surface area contributed by atoms with E-state index in [0.29, 0.717) is 12.1 Å². The second-order valence-electron chi connectivity index (χ2n) is 5.44. The largest absolute Gasteiger partial charge is 0.315 e. The van der Waals surface area contributed by atoms with Crippen molar-refractivity contribution in [3.8, 4) is 0 Å². The van der Waals surface area contributed by atoms with E-state index in [9.17, 15) is 9.18 Å². The van der Waals surface area contributed by atoms with Crippen molar-refractivity contribution in [1.82, 2.24) is 9.78 Å². The zero-order valence-electron chi connectivity index (χ0n) is 12.3. The van der Waals surface area contributed by atoms with Crippen LogP contribution in [0.3, 0.4) is 0 Å². The zero-order valence-corrected chi connectivity index (χ0v) is 12.3. The molecule has 3 aromatic rings. The molecule has 2 aromatic carbocycles. The SMILES string of the molecule is C[NH+](Cc1ccc(F)cc1)Cn1ncc(=O)c2ccccc21. The minimum Gasteiger partial charge on any atom is -0.315 e. The lowest BCUT2D eigenvalue weighted by Gasteiger charge is -2.16. The van der Waals surface area contributed by atoms with Gasteiger partial charge in [-0.25, -0.2) is 9.07 Å². The molecule has 0 bridgehead atoms. The third kappa shape index (κ3) is 3.04. The molecular formula is C17H17FN3O+. The standard InChI is InChI=1S/C17H16FN3O/c1-20(11-13-6-8-14(18)9-7-13)12-21-16-5-3-2-4-15(16)17(22)10-19-21/h2-10H,11-12H2,1H3/p+1. The maximum Gasteiger partial charge on any atom is 0.207 e. The van der Waals surface area contributed by atoms with Crippen molar-refractivity contribution < 1.29 is 9.29 Å². The predicted molar refractivity (Wildman–Crippen MR) is 83.0 cm³/mol. The molecule has 0 saturated carbocycles. The molecule has 0 spiro atoms. The Morgan fingerprint density at radius 3 is 2.64 bits per heavy atom. The number of hydrogen-bond acceptors (Lipinski definition) is 2. The number of halogens is 1. The van der Waals surface area contributed by atoms with E-state index >= 15 is 0 Å². The highest BCUT2D eigenvalue weighted by molar-refractivity contribution is 5.77. The van der Waals surface area contributed by atoms with Crippen molar-refractivity contribution in [3.05, 3.63) is 76.3 Å². The normalized spacial score (nSPS) is 12.5. The topological polar surface area (TPSA) is 39.3 Å². The van der Waals surface area contributed by atoms with Gasteiger partial charge in [-0.1, -0.05) is 24.3 Å². The van der Waals surface area contributed by atoms with Gasteiger partial charge in [-0.3, -0.25) is 4.79 Å². The number of para-hydroxylation sites is 1. The predicted octanol–water partition coefficient (Wildman–Crippen LogP) is 1.21. The molecule has 0 radical (unpaired) electrons. The van der Waals surface area contributed by atoms with Gasteiger partial charge < -0.3 is 4.90 Å². The van der Waals surface area contributed by atoms with Crippen LogP contribution in [0.15, 0.2) is 59.5 Å². The van der Waals surface area contributed by atoms with Crippen LogP contribution >= 0.6 is 0 Å². The highest BCUT2D eigenvalue weighted by Crippen LogP contribution is 2.06. The minimum absolute atomic E-state index is 0.0666. The Morgan fingerprint density at radius 1 is 1.14 bits per heavy atom. The summed E-state index contributed by atoms with van der Waals surface area (Å²) in [6.07, 6.45) is 1.35. The van der Waals surface area contributed by atoms with Gasteiger partial charge >= 0.3 is 0 Å². The lowest BCUT2D eigenvalue weighted by atomic mass is 10.2. The second kappa shape index (κ2) is 6.07.